The Morgan fingerprint density at radius 3 is 1.30 bits per heavy atom. The van der Waals surface area contributed by atoms with E-state index in [2.05, 4.69) is 79.7 Å². The predicted octanol–water partition coefficient (Wildman–Crippen LogP) is 13.0. The predicted molar refractivity (Wildman–Crippen MR) is 189 cm³/mol. The molecule has 0 amide bonds. The van der Waals surface area contributed by atoms with Gasteiger partial charge < -0.3 is 5.53 Å². The normalized spacial score (nSPS) is 13.6. The molecule has 2 nitrogen and oxygen atoms in total. The fourth-order valence-corrected chi connectivity index (χ4v) is 7.09. The standard InChI is InChI=1S/C41H62N2/c1-9-14-17-20-23-33-28-36(29-34(24-21-18-15-10-2)39(33)25-22-19-16-11-3)41-38(13-5)37(12-4)40(43(41)42)35-26-30(6)32(8)31(7)27-35/h26-29H,9-25H2,1-8H3. The molecule has 1 heterocycles. The molecule has 0 aromatic heterocycles. The Hall–Kier alpha value is -2.48. The molecular weight excluding hydrogens is 520 g/mol. The quantitative estimate of drug-likeness (QED) is 0.116. The van der Waals surface area contributed by atoms with Gasteiger partial charge in [-0.1, -0.05) is 92.4 Å². The van der Waals surface area contributed by atoms with E-state index in [0.717, 1.165) is 42.6 Å². The van der Waals surface area contributed by atoms with Crippen molar-refractivity contribution in [1.82, 2.24) is 0 Å². The van der Waals surface area contributed by atoms with Gasteiger partial charge in [-0.15, -0.1) is 0 Å². The molecule has 0 fully saturated rings. The van der Waals surface area contributed by atoms with Crippen molar-refractivity contribution in [2.75, 3.05) is 0 Å². The first-order valence-electron chi connectivity index (χ1n) is 18.0. The highest BCUT2D eigenvalue weighted by Gasteiger charge is 2.35. The van der Waals surface area contributed by atoms with Crippen LogP contribution in [0.2, 0.25) is 0 Å². The summed E-state index contributed by atoms with van der Waals surface area (Å²) in [5.74, 6) is 0. The van der Waals surface area contributed by atoms with Gasteiger partial charge in [0.05, 0.1) is 0 Å². The molecule has 2 heteroatoms. The van der Waals surface area contributed by atoms with Gasteiger partial charge in [-0.2, -0.15) is 0 Å². The molecule has 1 aliphatic rings. The van der Waals surface area contributed by atoms with Crippen LogP contribution in [0.1, 0.15) is 169 Å². The SMILES string of the molecule is CCCCCCc1cc(C2=C(CC)C(CC)=C(c3cc(C)c(C)c(C)c3)[N+]2=[N-])cc(CCCCCC)c1CCCCCC. The maximum absolute atomic E-state index is 12.1. The Labute approximate surface area is 265 Å². The minimum absolute atomic E-state index is 0.911. The second-order valence-corrected chi connectivity index (χ2v) is 13.1. The third-order valence-electron chi connectivity index (χ3n) is 9.85. The van der Waals surface area contributed by atoms with Gasteiger partial charge in [-0.3, -0.25) is 0 Å². The third kappa shape index (κ3) is 8.80. The van der Waals surface area contributed by atoms with Gasteiger partial charge in [0, 0.05) is 22.3 Å². The fourth-order valence-electron chi connectivity index (χ4n) is 7.09. The van der Waals surface area contributed by atoms with E-state index < -0.39 is 0 Å². The van der Waals surface area contributed by atoms with Crippen molar-refractivity contribution in [2.24, 2.45) is 0 Å². The van der Waals surface area contributed by atoms with Crippen LogP contribution in [-0.4, -0.2) is 4.70 Å². The molecule has 2 aromatic carbocycles. The van der Waals surface area contributed by atoms with Crippen molar-refractivity contribution in [2.45, 2.75) is 165 Å². The first kappa shape index (κ1) is 35.0. The van der Waals surface area contributed by atoms with Crippen LogP contribution in [0.25, 0.3) is 16.9 Å². The summed E-state index contributed by atoms with van der Waals surface area (Å²) >= 11 is 0. The summed E-state index contributed by atoms with van der Waals surface area (Å²) in [6, 6.07) is 9.49. The number of benzene rings is 2. The van der Waals surface area contributed by atoms with E-state index in [9.17, 15) is 5.53 Å². The Bertz CT molecular complexity index is 1230. The summed E-state index contributed by atoms with van der Waals surface area (Å²) in [6.07, 6.45) is 20.8. The van der Waals surface area contributed by atoms with Crippen LogP contribution in [0, 0.1) is 20.8 Å². The Kier molecular flexibility index (Phi) is 14.4. The number of rotatable bonds is 19. The van der Waals surface area contributed by atoms with Crippen molar-refractivity contribution in [1.29, 1.82) is 0 Å². The monoisotopic (exact) mass is 582 g/mol. The van der Waals surface area contributed by atoms with E-state index >= 15 is 0 Å². The van der Waals surface area contributed by atoms with Crippen LogP contribution in [0.5, 0.6) is 0 Å². The average Bonchev–Trinajstić information content (AvgIpc) is 3.29. The first-order valence-corrected chi connectivity index (χ1v) is 18.0. The van der Waals surface area contributed by atoms with Crippen LogP contribution < -0.4 is 0 Å². The third-order valence-corrected chi connectivity index (χ3v) is 9.85. The molecule has 0 radical (unpaired) electrons. The average molecular weight is 583 g/mol. The summed E-state index contributed by atoms with van der Waals surface area (Å²) in [5.41, 5.74) is 27.6. The molecule has 236 valence electrons. The molecule has 2 aromatic rings. The van der Waals surface area contributed by atoms with Gasteiger partial charge >= 0.3 is 0 Å². The number of hydrogen-bond acceptors (Lipinski definition) is 0. The van der Waals surface area contributed by atoms with Crippen molar-refractivity contribution in [3.05, 3.63) is 85.5 Å². The maximum atomic E-state index is 12.1. The molecule has 0 N–H and O–H groups in total. The zero-order valence-electron chi connectivity index (χ0n) is 29.2. The Balaban J connectivity index is 2.14. The van der Waals surface area contributed by atoms with Crippen molar-refractivity contribution >= 4 is 11.4 Å². The van der Waals surface area contributed by atoms with Crippen LogP contribution in [-0.2, 0) is 19.3 Å². The van der Waals surface area contributed by atoms with E-state index in [1.165, 1.54) is 117 Å². The van der Waals surface area contributed by atoms with Gasteiger partial charge in [0.25, 0.3) is 0 Å². The molecule has 3 rings (SSSR count). The smallest absolute Gasteiger partial charge is 0.211 e. The van der Waals surface area contributed by atoms with Crippen molar-refractivity contribution < 1.29 is 4.70 Å². The summed E-state index contributed by atoms with van der Waals surface area (Å²) in [5, 5.41) is 0. The molecule has 0 aliphatic carbocycles. The molecule has 43 heavy (non-hydrogen) atoms. The lowest BCUT2D eigenvalue weighted by molar-refractivity contribution is -0.345. The second-order valence-electron chi connectivity index (χ2n) is 13.1. The summed E-state index contributed by atoms with van der Waals surface area (Å²) in [6.45, 7) is 18.0. The topological polar surface area (TPSA) is 25.3 Å². The highest BCUT2D eigenvalue weighted by Crippen LogP contribution is 2.44. The number of unbranched alkanes of at least 4 members (excludes halogenated alkanes) is 9. The van der Waals surface area contributed by atoms with Gasteiger partial charge in [0.15, 0.2) is 0 Å². The molecular formula is C41H62N2. The minimum atomic E-state index is 0.911. The minimum Gasteiger partial charge on any atom is -0.493 e. The molecule has 0 saturated heterocycles. The highest BCUT2D eigenvalue weighted by molar-refractivity contribution is 5.82. The molecule has 0 atom stereocenters. The van der Waals surface area contributed by atoms with Gasteiger partial charge in [0.2, 0.25) is 11.4 Å². The van der Waals surface area contributed by atoms with E-state index in [1.807, 2.05) is 0 Å². The van der Waals surface area contributed by atoms with Crippen molar-refractivity contribution in [3.63, 3.8) is 0 Å². The largest absolute Gasteiger partial charge is 0.493 e. The van der Waals surface area contributed by atoms with Crippen LogP contribution in [0.4, 0.5) is 0 Å². The number of aryl methyl sites for hydroxylation is 4. The van der Waals surface area contributed by atoms with Crippen LogP contribution >= 0.6 is 0 Å². The fraction of sp³-hybridized carbons (Fsp3) is 0.610. The Morgan fingerprint density at radius 1 is 0.512 bits per heavy atom. The lowest BCUT2D eigenvalue weighted by Crippen LogP contribution is -2.08. The van der Waals surface area contributed by atoms with Crippen molar-refractivity contribution in [3.8, 4) is 0 Å². The van der Waals surface area contributed by atoms with Gasteiger partial charge in [-0.05, 0) is 130 Å². The highest BCUT2D eigenvalue weighted by atomic mass is 15.2. The van der Waals surface area contributed by atoms with Gasteiger partial charge in [0.1, 0.15) is 0 Å². The van der Waals surface area contributed by atoms with E-state index in [1.54, 1.807) is 21.4 Å². The lowest BCUT2D eigenvalue weighted by Gasteiger charge is -2.19. The Morgan fingerprint density at radius 2 is 0.907 bits per heavy atom. The summed E-state index contributed by atoms with van der Waals surface area (Å²) in [7, 11) is 0. The number of hydrogen-bond donors (Lipinski definition) is 0. The zero-order chi connectivity index (χ0) is 31.4. The summed E-state index contributed by atoms with van der Waals surface area (Å²) in [4.78, 5) is 0. The second kappa shape index (κ2) is 17.7. The molecule has 0 unspecified atom stereocenters. The molecule has 0 saturated carbocycles. The van der Waals surface area contributed by atoms with Gasteiger partial charge in [-0.25, -0.2) is 4.70 Å². The molecule has 0 spiro atoms. The molecule has 1 aliphatic heterocycles. The molecule has 0 bridgehead atoms. The van der Waals surface area contributed by atoms with E-state index in [-0.39, 0.29) is 0 Å². The number of allylic oxidation sites excluding steroid dienone is 2. The van der Waals surface area contributed by atoms with E-state index in [0.29, 0.717) is 0 Å². The lowest BCUT2D eigenvalue weighted by atomic mass is 9.87. The zero-order valence-corrected chi connectivity index (χ0v) is 29.2. The maximum Gasteiger partial charge on any atom is 0.211 e. The first-order chi connectivity index (χ1) is 20.8. The summed E-state index contributed by atoms with van der Waals surface area (Å²) < 4.78 is 1.57. The van der Waals surface area contributed by atoms with E-state index in [4.69, 9.17) is 0 Å². The van der Waals surface area contributed by atoms with Crippen LogP contribution in [0.3, 0.4) is 0 Å². The van der Waals surface area contributed by atoms with Crippen LogP contribution in [0.15, 0.2) is 35.4 Å². The number of nitrogens with zero attached hydrogens (tertiary/aromatic N) is 2.